The van der Waals surface area contributed by atoms with Crippen LogP contribution in [-0.2, 0) is 24.2 Å². The zero-order chi connectivity index (χ0) is 18.5. The Morgan fingerprint density at radius 3 is 2.93 bits per heavy atom. The SMILES string of the molecule is COCCn1cc(CNC(Cc2ccsc2)c2nccs2)c2ccccc21. The van der Waals surface area contributed by atoms with E-state index in [1.54, 1.807) is 29.8 Å². The molecule has 0 aliphatic rings. The van der Waals surface area contributed by atoms with Gasteiger partial charge >= 0.3 is 0 Å². The van der Waals surface area contributed by atoms with Crippen LogP contribution in [0, 0.1) is 0 Å². The Hall–Kier alpha value is -1.99. The molecule has 4 nitrogen and oxygen atoms in total. The molecule has 1 unspecified atom stereocenters. The van der Waals surface area contributed by atoms with Crippen molar-refractivity contribution in [2.75, 3.05) is 13.7 Å². The van der Waals surface area contributed by atoms with Gasteiger partial charge in [-0.3, -0.25) is 0 Å². The zero-order valence-electron chi connectivity index (χ0n) is 15.3. The average Bonchev–Trinajstić information content (AvgIpc) is 3.45. The van der Waals surface area contributed by atoms with E-state index in [1.165, 1.54) is 22.0 Å². The van der Waals surface area contributed by atoms with Crippen molar-refractivity contribution < 1.29 is 4.74 Å². The Bertz CT molecular complexity index is 961. The van der Waals surface area contributed by atoms with Crippen LogP contribution in [-0.4, -0.2) is 23.3 Å². The van der Waals surface area contributed by atoms with Gasteiger partial charge in [-0.05, 0) is 40.4 Å². The maximum Gasteiger partial charge on any atom is 0.110 e. The van der Waals surface area contributed by atoms with Crippen LogP contribution in [0.3, 0.4) is 0 Å². The van der Waals surface area contributed by atoms with Gasteiger partial charge in [-0.2, -0.15) is 11.3 Å². The van der Waals surface area contributed by atoms with Gasteiger partial charge in [0, 0.05) is 48.9 Å². The van der Waals surface area contributed by atoms with E-state index >= 15 is 0 Å². The average molecular weight is 398 g/mol. The van der Waals surface area contributed by atoms with Crippen molar-refractivity contribution in [3.8, 4) is 0 Å². The second-order valence-corrected chi connectivity index (χ2v) is 8.20. The highest BCUT2D eigenvalue weighted by atomic mass is 32.1. The van der Waals surface area contributed by atoms with Crippen molar-refractivity contribution in [3.05, 3.63) is 75.0 Å². The van der Waals surface area contributed by atoms with Crippen LogP contribution < -0.4 is 5.32 Å². The lowest BCUT2D eigenvalue weighted by molar-refractivity contribution is 0.188. The van der Waals surface area contributed by atoms with Crippen molar-refractivity contribution >= 4 is 33.6 Å². The third-order valence-corrected chi connectivity index (χ3v) is 6.34. The van der Waals surface area contributed by atoms with E-state index in [4.69, 9.17) is 4.74 Å². The Kier molecular flexibility index (Phi) is 5.99. The van der Waals surface area contributed by atoms with Crippen LogP contribution in [0.5, 0.6) is 0 Å². The third kappa shape index (κ3) is 4.30. The van der Waals surface area contributed by atoms with Gasteiger partial charge in [0.25, 0.3) is 0 Å². The van der Waals surface area contributed by atoms with E-state index in [-0.39, 0.29) is 6.04 Å². The first-order valence-corrected chi connectivity index (χ1v) is 10.9. The molecule has 0 aliphatic heterocycles. The van der Waals surface area contributed by atoms with Gasteiger partial charge in [-0.25, -0.2) is 4.98 Å². The third-order valence-electron chi connectivity index (χ3n) is 4.72. The van der Waals surface area contributed by atoms with Crippen molar-refractivity contribution in [2.24, 2.45) is 0 Å². The second kappa shape index (κ2) is 8.80. The van der Waals surface area contributed by atoms with Crippen LogP contribution in [0.25, 0.3) is 10.9 Å². The standard InChI is InChI=1S/C21H23N3OS2/c1-25-9-8-24-14-17(18-4-2-3-5-20(18)24)13-23-19(21-22-7-11-27-21)12-16-6-10-26-15-16/h2-7,10-11,14-15,19,23H,8-9,12-13H2,1H3. The molecule has 4 rings (SSSR count). The number of ether oxygens (including phenoxy) is 1. The highest BCUT2D eigenvalue weighted by Crippen LogP contribution is 2.25. The minimum Gasteiger partial charge on any atom is -0.383 e. The van der Waals surface area contributed by atoms with E-state index in [9.17, 15) is 0 Å². The Balaban J connectivity index is 1.55. The zero-order valence-corrected chi connectivity index (χ0v) is 16.9. The summed E-state index contributed by atoms with van der Waals surface area (Å²) in [5, 5.41) is 12.6. The van der Waals surface area contributed by atoms with Gasteiger partial charge in [-0.1, -0.05) is 18.2 Å². The first-order valence-electron chi connectivity index (χ1n) is 9.04. The van der Waals surface area contributed by atoms with Crippen LogP contribution in [0.4, 0.5) is 0 Å². The molecule has 27 heavy (non-hydrogen) atoms. The number of hydrogen-bond donors (Lipinski definition) is 1. The summed E-state index contributed by atoms with van der Waals surface area (Å²) in [6, 6.07) is 11.0. The fourth-order valence-corrected chi connectivity index (χ4v) is 4.76. The molecule has 3 heterocycles. The Morgan fingerprint density at radius 2 is 2.15 bits per heavy atom. The highest BCUT2D eigenvalue weighted by molar-refractivity contribution is 7.09. The molecule has 3 aromatic heterocycles. The molecule has 0 radical (unpaired) electrons. The minimum absolute atomic E-state index is 0.223. The monoisotopic (exact) mass is 397 g/mol. The van der Waals surface area contributed by atoms with Gasteiger partial charge in [0.2, 0.25) is 0 Å². The van der Waals surface area contributed by atoms with Gasteiger partial charge in [0.15, 0.2) is 0 Å². The molecule has 1 N–H and O–H groups in total. The number of fused-ring (bicyclic) bond motifs is 1. The first-order chi connectivity index (χ1) is 13.3. The Morgan fingerprint density at radius 1 is 1.22 bits per heavy atom. The molecule has 0 spiro atoms. The normalized spacial score (nSPS) is 12.6. The largest absolute Gasteiger partial charge is 0.383 e. The van der Waals surface area contributed by atoms with E-state index in [0.717, 1.165) is 24.5 Å². The summed E-state index contributed by atoms with van der Waals surface area (Å²) in [5.41, 5.74) is 3.93. The van der Waals surface area contributed by atoms with Crippen molar-refractivity contribution in [1.82, 2.24) is 14.9 Å². The fourth-order valence-electron chi connectivity index (χ4n) is 3.37. The molecule has 0 bridgehead atoms. The lowest BCUT2D eigenvalue weighted by Crippen LogP contribution is -2.22. The molecular formula is C21H23N3OS2. The number of nitrogens with one attached hydrogen (secondary N) is 1. The number of thiophene rings is 1. The van der Waals surface area contributed by atoms with E-state index in [1.807, 2.05) is 11.6 Å². The molecule has 1 atom stereocenters. The molecule has 6 heteroatoms. The Labute approximate surface area is 167 Å². The summed E-state index contributed by atoms with van der Waals surface area (Å²) >= 11 is 3.46. The maximum absolute atomic E-state index is 5.27. The summed E-state index contributed by atoms with van der Waals surface area (Å²) in [7, 11) is 1.75. The van der Waals surface area contributed by atoms with Crippen molar-refractivity contribution in [1.29, 1.82) is 0 Å². The molecule has 0 amide bonds. The number of para-hydroxylation sites is 1. The molecule has 0 saturated carbocycles. The second-order valence-electron chi connectivity index (χ2n) is 6.50. The number of aromatic nitrogens is 2. The number of rotatable bonds is 9. The number of benzene rings is 1. The van der Waals surface area contributed by atoms with Gasteiger partial charge < -0.3 is 14.6 Å². The van der Waals surface area contributed by atoms with E-state index in [0.29, 0.717) is 6.61 Å². The molecule has 4 aromatic rings. The van der Waals surface area contributed by atoms with Crippen LogP contribution in [0.2, 0.25) is 0 Å². The summed E-state index contributed by atoms with van der Waals surface area (Å²) in [5.74, 6) is 0. The predicted molar refractivity (Wildman–Crippen MR) is 114 cm³/mol. The number of thiazole rings is 1. The summed E-state index contributed by atoms with van der Waals surface area (Å²) in [6.45, 7) is 2.39. The van der Waals surface area contributed by atoms with E-state index in [2.05, 4.69) is 62.2 Å². The summed E-state index contributed by atoms with van der Waals surface area (Å²) < 4.78 is 7.55. The lowest BCUT2D eigenvalue weighted by atomic mass is 10.1. The first kappa shape index (κ1) is 18.4. The molecule has 0 saturated heterocycles. The molecular weight excluding hydrogens is 374 g/mol. The summed E-state index contributed by atoms with van der Waals surface area (Å²) in [4.78, 5) is 4.56. The molecule has 140 valence electrons. The van der Waals surface area contributed by atoms with Gasteiger partial charge in [0.1, 0.15) is 5.01 Å². The number of methoxy groups -OCH3 is 1. The van der Waals surface area contributed by atoms with E-state index < -0.39 is 0 Å². The van der Waals surface area contributed by atoms with Crippen LogP contribution in [0.15, 0.2) is 58.9 Å². The predicted octanol–water partition coefficient (Wildman–Crippen LogP) is 4.88. The molecule has 0 fully saturated rings. The van der Waals surface area contributed by atoms with Crippen LogP contribution >= 0.6 is 22.7 Å². The van der Waals surface area contributed by atoms with Crippen LogP contribution in [0.1, 0.15) is 22.2 Å². The van der Waals surface area contributed by atoms with Gasteiger partial charge in [-0.15, -0.1) is 11.3 Å². The summed E-state index contributed by atoms with van der Waals surface area (Å²) in [6.07, 6.45) is 5.10. The quantitative estimate of drug-likeness (QED) is 0.437. The molecule has 0 aliphatic carbocycles. The minimum atomic E-state index is 0.223. The van der Waals surface area contributed by atoms with Gasteiger partial charge in [0.05, 0.1) is 12.6 Å². The van der Waals surface area contributed by atoms with Crippen molar-refractivity contribution in [3.63, 3.8) is 0 Å². The fraction of sp³-hybridized carbons (Fsp3) is 0.286. The van der Waals surface area contributed by atoms with Crippen molar-refractivity contribution in [2.45, 2.75) is 25.6 Å². The lowest BCUT2D eigenvalue weighted by Gasteiger charge is -2.16. The smallest absolute Gasteiger partial charge is 0.110 e. The molecule has 1 aromatic carbocycles. The topological polar surface area (TPSA) is 39.1 Å². The number of nitrogens with zero attached hydrogens (tertiary/aromatic N) is 2. The maximum atomic E-state index is 5.27. The number of hydrogen-bond acceptors (Lipinski definition) is 5. The highest BCUT2D eigenvalue weighted by Gasteiger charge is 2.16.